The zero-order valence-electron chi connectivity index (χ0n) is 15.5. The van der Waals surface area contributed by atoms with Crippen LogP contribution in [0.1, 0.15) is 22.5 Å². The first-order valence-corrected chi connectivity index (χ1v) is 10.5. The molecule has 5 nitrogen and oxygen atoms in total. The first-order chi connectivity index (χ1) is 14.2. The van der Waals surface area contributed by atoms with E-state index in [0.717, 1.165) is 34.9 Å². The van der Waals surface area contributed by atoms with Crippen molar-refractivity contribution in [1.29, 1.82) is 0 Å². The van der Waals surface area contributed by atoms with Gasteiger partial charge in [-0.2, -0.15) is 0 Å². The van der Waals surface area contributed by atoms with Crippen molar-refractivity contribution in [2.45, 2.75) is 18.9 Å². The fourth-order valence-corrected chi connectivity index (χ4v) is 4.78. The molecular weight excluding hydrogens is 382 g/mol. The van der Waals surface area contributed by atoms with Crippen molar-refractivity contribution in [3.63, 3.8) is 0 Å². The number of amides is 1. The summed E-state index contributed by atoms with van der Waals surface area (Å²) >= 11 is 1.45. The number of nitrogens with one attached hydrogen (secondary N) is 1. The lowest BCUT2D eigenvalue weighted by atomic mass is 10.1. The van der Waals surface area contributed by atoms with Crippen molar-refractivity contribution >= 4 is 50.4 Å². The zero-order valence-corrected chi connectivity index (χ0v) is 16.3. The van der Waals surface area contributed by atoms with Crippen LogP contribution < -0.4 is 10.5 Å². The summed E-state index contributed by atoms with van der Waals surface area (Å²) in [4.78, 5) is 32.9. The zero-order chi connectivity index (χ0) is 19.5. The van der Waals surface area contributed by atoms with Gasteiger partial charge in [-0.1, -0.05) is 36.4 Å². The topological polar surface area (TPSA) is 57.6 Å². The molecule has 0 spiro atoms. The lowest BCUT2D eigenvalue weighted by Gasteiger charge is -2.24. The number of hydrogen-bond acceptors (Lipinski definition) is 3. The maximum absolute atomic E-state index is 13.5. The first kappa shape index (κ1) is 16.6. The van der Waals surface area contributed by atoms with E-state index in [9.17, 15) is 9.59 Å². The number of H-pyrrole nitrogens is 1. The highest BCUT2D eigenvalue weighted by molar-refractivity contribution is 7.12. The molecule has 6 heteroatoms. The smallest absolute Gasteiger partial charge is 0.268 e. The quantitative estimate of drug-likeness (QED) is 0.474. The van der Waals surface area contributed by atoms with E-state index in [4.69, 9.17) is 0 Å². The van der Waals surface area contributed by atoms with Crippen molar-refractivity contribution in [1.82, 2.24) is 9.38 Å². The number of anilines is 1. The molecule has 1 aliphatic rings. The second kappa shape index (κ2) is 6.06. The number of fused-ring (bicyclic) bond motifs is 4. The van der Waals surface area contributed by atoms with Gasteiger partial charge < -0.3 is 9.88 Å². The highest BCUT2D eigenvalue weighted by atomic mass is 32.1. The van der Waals surface area contributed by atoms with Crippen molar-refractivity contribution in [2.24, 2.45) is 0 Å². The molecule has 1 aliphatic carbocycles. The average Bonchev–Trinajstić information content (AvgIpc) is 3.27. The van der Waals surface area contributed by atoms with Crippen LogP contribution in [0.4, 0.5) is 5.69 Å². The number of carbonyl (C=O) groups is 1. The summed E-state index contributed by atoms with van der Waals surface area (Å²) < 4.78 is 1.71. The SMILES string of the molecule is O=C(c1cccs1)N(c1c2ccccc2c(=O)n2c1[nH]c1ccccc12)C1CC1. The molecule has 0 radical (unpaired) electrons. The lowest BCUT2D eigenvalue weighted by molar-refractivity contribution is 0.0989. The first-order valence-electron chi connectivity index (χ1n) is 9.65. The van der Waals surface area contributed by atoms with Gasteiger partial charge in [0.15, 0.2) is 0 Å². The van der Waals surface area contributed by atoms with Gasteiger partial charge in [0.1, 0.15) is 5.65 Å². The number of nitrogens with zero attached hydrogens (tertiary/aromatic N) is 2. The van der Waals surface area contributed by atoms with E-state index in [2.05, 4.69) is 4.98 Å². The minimum atomic E-state index is -0.0730. The molecule has 6 rings (SSSR count). The standard InChI is InChI=1S/C23H17N3O2S/c27-22-16-7-2-1-6-15(16)20(21-24-17-8-3-4-9-18(17)26(21)22)25(14-11-12-14)23(28)19-10-5-13-29-19/h1-10,13-14,24H,11-12H2. The number of carbonyl (C=O) groups excluding carboxylic acids is 1. The molecular formula is C23H17N3O2S. The van der Waals surface area contributed by atoms with Crippen molar-refractivity contribution in [2.75, 3.05) is 4.90 Å². The van der Waals surface area contributed by atoms with E-state index in [1.807, 2.05) is 70.9 Å². The Morgan fingerprint density at radius 3 is 2.52 bits per heavy atom. The molecule has 2 aromatic carbocycles. The molecule has 3 heterocycles. The molecule has 0 bridgehead atoms. The predicted octanol–water partition coefficient (Wildman–Crippen LogP) is 4.80. The molecule has 142 valence electrons. The van der Waals surface area contributed by atoms with Gasteiger partial charge in [-0.25, -0.2) is 0 Å². The Labute approximate surface area is 169 Å². The number of aromatic amines is 1. The van der Waals surface area contributed by atoms with Gasteiger partial charge in [0.25, 0.3) is 11.5 Å². The summed E-state index contributed by atoms with van der Waals surface area (Å²) in [5.74, 6) is -0.00754. The Kier molecular flexibility index (Phi) is 3.46. The molecule has 5 aromatic rings. The predicted molar refractivity (Wildman–Crippen MR) is 117 cm³/mol. The fraction of sp³-hybridized carbons (Fsp3) is 0.130. The summed E-state index contributed by atoms with van der Waals surface area (Å²) in [6, 6.07) is 19.2. The molecule has 0 atom stereocenters. The maximum Gasteiger partial charge on any atom is 0.268 e. The van der Waals surface area contributed by atoms with Crippen LogP contribution in [-0.2, 0) is 0 Å². The van der Waals surface area contributed by atoms with Crippen LogP contribution in [0.25, 0.3) is 27.5 Å². The number of imidazole rings is 1. The Balaban J connectivity index is 1.77. The van der Waals surface area contributed by atoms with Crippen LogP contribution >= 0.6 is 11.3 Å². The molecule has 1 amide bonds. The number of hydrogen-bond donors (Lipinski definition) is 1. The van der Waals surface area contributed by atoms with Gasteiger partial charge in [-0.05, 0) is 42.5 Å². The summed E-state index contributed by atoms with van der Waals surface area (Å²) in [6.07, 6.45) is 1.94. The summed E-state index contributed by atoms with van der Waals surface area (Å²) in [5.41, 5.74) is 3.08. The van der Waals surface area contributed by atoms with E-state index < -0.39 is 0 Å². The van der Waals surface area contributed by atoms with Gasteiger partial charge >= 0.3 is 0 Å². The number of aromatic nitrogens is 2. The molecule has 1 saturated carbocycles. The number of pyridine rings is 1. The van der Waals surface area contributed by atoms with E-state index in [-0.39, 0.29) is 17.5 Å². The largest absolute Gasteiger partial charge is 0.338 e. The van der Waals surface area contributed by atoms with Crippen LogP contribution in [0.3, 0.4) is 0 Å². The highest BCUT2D eigenvalue weighted by Gasteiger charge is 2.37. The average molecular weight is 399 g/mol. The maximum atomic E-state index is 13.5. The molecule has 3 aromatic heterocycles. The summed E-state index contributed by atoms with van der Waals surface area (Å²) in [7, 11) is 0. The molecule has 29 heavy (non-hydrogen) atoms. The molecule has 0 aliphatic heterocycles. The van der Waals surface area contributed by atoms with Crippen molar-refractivity contribution < 1.29 is 4.79 Å². The van der Waals surface area contributed by atoms with E-state index >= 15 is 0 Å². The lowest BCUT2D eigenvalue weighted by Crippen LogP contribution is -2.34. The third-order valence-electron chi connectivity index (χ3n) is 5.57. The van der Waals surface area contributed by atoms with E-state index in [0.29, 0.717) is 15.9 Å². The molecule has 1 fully saturated rings. The Hall–Kier alpha value is -3.38. The van der Waals surface area contributed by atoms with Crippen LogP contribution in [0, 0.1) is 0 Å². The third kappa shape index (κ3) is 2.39. The number of rotatable bonds is 3. The van der Waals surface area contributed by atoms with Gasteiger partial charge in [-0.3, -0.25) is 14.0 Å². The minimum absolute atomic E-state index is 0.00754. The van der Waals surface area contributed by atoms with Crippen molar-refractivity contribution in [3.05, 3.63) is 81.3 Å². The van der Waals surface area contributed by atoms with Gasteiger partial charge in [0.2, 0.25) is 0 Å². The van der Waals surface area contributed by atoms with Crippen molar-refractivity contribution in [3.8, 4) is 0 Å². The second-order valence-corrected chi connectivity index (χ2v) is 8.36. The number of benzene rings is 2. The molecule has 1 N–H and O–H groups in total. The van der Waals surface area contributed by atoms with Crippen LogP contribution in [0.5, 0.6) is 0 Å². The minimum Gasteiger partial charge on any atom is -0.338 e. The van der Waals surface area contributed by atoms with Gasteiger partial charge in [0, 0.05) is 16.8 Å². The molecule has 0 saturated heterocycles. The normalized spacial score (nSPS) is 14.1. The highest BCUT2D eigenvalue weighted by Crippen LogP contribution is 2.39. The monoisotopic (exact) mass is 399 g/mol. The Bertz CT molecular complexity index is 1460. The van der Waals surface area contributed by atoms with E-state index in [1.54, 1.807) is 4.40 Å². The Morgan fingerprint density at radius 1 is 1.00 bits per heavy atom. The summed E-state index contributed by atoms with van der Waals surface area (Å²) in [5, 5.41) is 3.35. The summed E-state index contributed by atoms with van der Waals surface area (Å²) in [6.45, 7) is 0. The van der Waals surface area contributed by atoms with Gasteiger partial charge in [-0.15, -0.1) is 11.3 Å². The number of para-hydroxylation sites is 2. The third-order valence-corrected chi connectivity index (χ3v) is 6.42. The van der Waals surface area contributed by atoms with E-state index in [1.165, 1.54) is 11.3 Å². The molecule has 0 unspecified atom stereocenters. The second-order valence-electron chi connectivity index (χ2n) is 7.41. The van der Waals surface area contributed by atoms with Crippen LogP contribution in [-0.4, -0.2) is 21.3 Å². The van der Waals surface area contributed by atoms with Crippen LogP contribution in [0.15, 0.2) is 70.8 Å². The Morgan fingerprint density at radius 2 is 1.76 bits per heavy atom. The van der Waals surface area contributed by atoms with Gasteiger partial charge in [0.05, 0.1) is 21.6 Å². The van der Waals surface area contributed by atoms with Crippen LogP contribution in [0.2, 0.25) is 0 Å². The fourth-order valence-electron chi connectivity index (χ4n) is 4.12. The number of thiophene rings is 1.